The lowest BCUT2D eigenvalue weighted by Gasteiger charge is -2.41. The fourth-order valence-corrected chi connectivity index (χ4v) is 7.60. The molecule has 0 atom stereocenters. The third-order valence-electron chi connectivity index (χ3n) is 9.66. The first-order chi connectivity index (χ1) is 20.6. The SMILES string of the molecule is CC(C)(c1ccccc1)c1cc2c3c(c1)-n1c4ccccc4c4cccc(c41)B3c1ccccc1N2c1ccccc1. The molecule has 2 aliphatic rings. The normalized spacial score (nSPS) is 13.4. The van der Waals surface area contributed by atoms with Crippen LogP contribution in [0.15, 0.2) is 140 Å². The maximum Gasteiger partial charge on any atom is 0.252 e. The molecule has 0 aliphatic carbocycles. The van der Waals surface area contributed by atoms with Gasteiger partial charge in [0, 0.05) is 44.5 Å². The number of anilines is 3. The van der Waals surface area contributed by atoms with Crippen LogP contribution >= 0.6 is 0 Å². The van der Waals surface area contributed by atoms with Crippen molar-refractivity contribution in [2.45, 2.75) is 19.3 Å². The summed E-state index contributed by atoms with van der Waals surface area (Å²) in [7, 11) is 0. The zero-order valence-corrected chi connectivity index (χ0v) is 23.8. The number of hydrogen-bond acceptors (Lipinski definition) is 1. The molecule has 2 nitrogen and oxygen atoms in total. The van der Waals surface area contributed by atoms with Gasteiger partial charge in [0.2, 0.25) is 0 Å². The Kier molecular flexibility index (Phi) is 4.79. The van der Waals surface area contributed by atoms with Crippen molar-refractivity contribution >= 4 is 62.0 Å². The Labute approximate surface area is 246 Å². The second kappa shape index (κ2) is 8.50. The van der Waals surface area contributed by atoms with E-state index in [-0.39, 0.29) is 12.1 Å². The number of fused-ring (bicyclic) bond motifs is 7. The molecule has 7 aromatic rings. The predicted molar refractivity (Wildman–Crippen MR) is 179 cm³/mol. The third kappa shape index (κ3) is 3.06. The van der Waals surface area contributed by atoms with Crippen molar-refractivity contribution in [1.82, 2.24) is 4.57 Å². The van der Waals surface area contributed by atoms with Gasteiger partial charge in [-0.1, -0.05) is 117 Å². The maximum atomic E-state index is 2.55. The van der Waals surface area contributed by atoms with Gasteiger partial charge < -0.3 is 9.47 Å². The largest absolute Gasteiger partial charge is 0.311 e. The summed E-state index contributed by atoms with van der Waals surface area (Å²) >= 11 is 0. The summed E-state index contributed by atoms with van der Waals surface area (Å²) < 4.78 is 2.55. The Morgan fingerprint density at radius 3 is 2.00 bits per heavy atom. The van der Waals surface area contributed by atoms with Gasteiger partial charge in [-0.25, -0.2) is 0 Å². The van der Waals surface area contributed by atoms with Crippen LogP contribution in [0.4, 0.5) is 17.1 Å². The van der Waals surface area contributed by atoms with Gasteiger partial charge >= 0.3 is 0 Å². The second-order valence-corrected chi connectivity index (χ2v) is 12.2. The van der Waals surface area contributed by atoms with Crippen LogP contribution in [0.3, 0.4) is 0 Å². The molecule has 3 heterocycles. The third-order valence-corrected chi connectivity index (χ3v) is 9.66. The molecule has 0 unspecified atom stereocenters. The van der Waals surface area contributed by atoms with Gasteiger partial charge in [-0.15, -0.1) is 0 Å². The monoisotopic (exact) mass is 536 g/mol. The Hall–Kier alpha value is -5.02. The highest BCUT2D eigenvalue weighted by molar-refractivity contribution is 7.00. The van der Waals surface area contributed by atoms with E-state index in [1.807, 2.05) is 0 Å². The first kappa shape index (κ1) is 23.7. The van der Waals surface area contributed by atoms with Crippen LogP contribution in [-0.2, 0) is 5.41 Å². The summed E-state index contributed by atoms with van der Waals surface area (Å²) in [5, 5.41) is 2.63. The van der Waals surface area contributed by atoms with E-state index in [1.54, 1.807) is 0 Å². The zero-order valence-electron chi connectivity index (χ0n) is 23.8. The summed E-state index contributed by atoms with van der Waals surface area (Å²) in [6.45, 7) is 4.87. The fourth-order valence-electron chi connectivity index (χ4n) is 7.60. The lowest BCUT2D eigenvalue weighted by molar-refractivity contribution is 0.640. The first-order valence-corrected chi connectivity index (χ1v) is 14.8. The maximum absolute atomic E-state index is 2.55. The van der Waals surface area contributed by atoms with E-state index in [2.05, 4.69) is 163 Å². The average Bonchev–Trinajstić information content (AvgIpc) is 3.39. The molecule has 0 amide bonds. The first-order valence-electron chi connectivity index (χ1n) is 14.8. The van der Waals surface area contributed by atoms with E-state index in [9.17, 15) is 0 Å². The molecule has 6 aromatic carbocycles. The van der Waals surface area contributed by atoms with Gasteiger partial charge in [0.1, 0.15) is 0 Å². The van der Waals surface area contributed by atoms with E-state index >= 15 is 0 Å². The van der Waals surface area contributed by atoms with Crippen molar-refractivity contribution < 1.29 is 0 Å². The van der Waals surface area contributed by atoms with Crippen LogP contribution in [0.1, 0.15) is 25.0 Å². The molecule has 1 aromatic heterocycles. The Morgan fingerprint density at radius 2 is 1.17 bits per heavy atom. The molecule has 0 N–H and O–H groups in total. The van der Waals surface area contributed by atoms with Gasteiger partial charge in [0.05, 0.1) is 5.52 Å². The second-order valence-electron chi connectivity index (χ2n) is 12.2. The van der Waals surface area contributed by atoms with Crippen molar-refractivity contribution in [2.75, 3.05) is 4.90 Å². The molecule has 42 heavy (non-hydrogen) atoms. The quantitative estimate of drug-likeness (QED) is 0.210. The van der Waals surface area contributed by atoms with Crippen molar-refractivity contribution in [3.8, 4) is 5.69 Å². The topological polar surface area (TPSA) is 8.17 Å². The van der Waals surface area contributed by atoms with Crippen molar-refractivity contribution in [1.29, 1.82) is 0 Å². The Balaban J connectivity index is 1.47. The van der Waals surface area contributed by atoms with Gasteiger partial charge in [0.25, 0.3) is 6.71 Å². The van der Waals surface area contributed by atoms with E-state index in [0.29, 0.717) is 0 Å². The summed E-state index contributed by atoms with van der Waals surface area (Å²) in [6, 6.07) is 51.6. The van der Waals surface area contributed by atoms with Gasteiger partial charge in [-0.2, -0.15) is 0 Å². The highest BCUT2D eigenvalue weighted by Gasteiger charge is 2.42. The average molecular weight is 536 g/mol. The number of aromatic nitrogens is 1. The molecule has 0 saturated carbocycles. The van der Waals surface area contributed by atoms with Gasteiger partial charge in [0.15, 0.2) is 0 Å². The van der Waals surface area contributed by atoms with Crippen LogP contribution < -0.4 is 21.3 Å². The number of rotatable bonds is 3. The smallest absolute Gasteiger partial charge is 0.252 e. The minimum absolute atomic E-state index is 0.153. The minimum atomic E-state index is -0.194. The van der Waals surface area contributed by atoms with Crippen LogP contribution in [-0.4, -0.2) is 11.3 Å². The highest BCUT2D eigenvalue weighted by atomic mass is 15.2. The van der Waals surface area contributed by atoms with Crippen molar-refractivity contribution in [3.05, 3.63) is 151 Å². The number of nitrogens with zero attached hydrogens (tertiary/aromatic N) is 2. The van der Waals surface area contributed by atoms with E-state index < -0.39 is 0 Å². The number of benzene rings is 6. The molecule has 2 aliphatic heterocycles. The molecule has 0 fully saturated rings. The lowest BCUT2D eigenvalue weighted by Crippen LogP contribution is -2.60. The molecule has 0 saturated heterocycles. The molecule has 198 valence electrons. The lowest BCUT2D eigenvalue weighted by atomic mass is 9.33. The molecule has 0 spiro atoms. The molecule has 9 rings (SSSR count). The van der Waals surface area contributed by atoms with Crippen LogP contribution in [0, 0.1) is 0 Å². The molecular formula is C39H29BN2. The zero-order chi connectivity index (χ0) is 28.0. The molecular weight excluding hydrogens is 507 g/mol. The highest BCUT2D eigenvalue weighted by Crippen LogP contribution is 2.44. The standard InChI is InChI=1S/C39H29BN2/c1-39(2,26-14-5-3-6-15-26)27-24-35-37-36(25-27)42-33-22-11-9-18-29(33)30-19-13-21-32(38(30)42)40(37)31-20-10-12-23-34(31)41(35)28-16-7-4-8-17-28/h3-25H,1-2H3. The molecule has 0 bridgehead atoms. The summed E-state index contributed by atoms with van der Waals surface area (Å²) in [6.07, 6.45) is 0. The van der Waals surface area contributed by atoms with Gasteiger partial charge in [-0.05, 0) is 63.9 Å². The molecule has 0 radical (unpaired) electrons. The van der Waals surface area contributed by atoms with Gasteiger partial charge in [-0.3, -0.25) is 0 Å². The predicted octanol–water partition coefficient (Wildman–Crippen LogP) is 7.72. The molecule has 3 heteroatoms. The van der Waals surface area contributed by atoms with Crippen LogP contribution in [0.2, 0.25) is 0 Å². The minimum Gasteiger partial charge on any atom is -0.311 e. The fraction of sp³-hybridized carbons (Fsp3) is 0.0769. The van der Waals surface area contributed by atoms with Crippen molar-refractivity contribution in [3.63, 3.8) is 0 Å². The number of para-hydroxylation sites is 4. The Morgan fingerprint density at radius 1 is 0.524 bits per heavy atom. The van der Waals surface area contributed by atoms with E-state index in [4.69, 9.17) is 0 Å². The van der Waals surface area contributed by atoms with E-state index in [1.165, 1.54) is 72.1 Å². The summed E-state index contributed by atoms with van der Waals surface area (Å²) in [5.41, 5.74) is 14.1. The van der Waals surface area contributed by atoms with E-state index in [0.717, 1.165) is 0 Å². The summed E-state index contributed by atoms with van der Waals surface area (Å²) in [5.74, 6) is 0. The van der Waals surface area contributed by atoms with Crippen molar-refractivity contribution in [2.24, 2.45) is 0 Å². The Bertz CT molecular complexity index is 2180. The number of hydrogen-bond donors (Lipinski definition) is 0. The van der Waals surface area contributed by atoms with Crippen LogP contribution in [0.25, 0.3) is 27.5 Å². The summed E-state index contributed by atoms with van der Waals surface area (Å²) in [4.78, 5) is 2.49. The van der Waals surface area contributed by atoms with Crippen LogP contribution in [0.5, 0.6) is 0 Å².